The molecule has 3 heterocycles. The molecule has 0 bridgehead atoms. The van der Waals surface area contributed by atoms with Gasteiger partial charge in [0.2, 0.25) is 5.91 Å². The molecule has 0 aliphatic carbocycles. The van der Waals surface area contributed by atoms with E-state index in [-0.39, 0.29) is 17.5 Å². The third kappa shape index (κ3) is 3.22. The molecule has 0 unspecified atom stereocenters. The second-order valence-corrected chi connectivity index (χ2v) is 7.47. The van der Waals surface area contributed by atoms with Crippen molar-refractivity contribution in [1.82, 2.24) is 14.7 Å². The van der Waals surface area contributed by atoms with Crippen LogP contribution in [-0.4, -0.2) is 44.8 Å². The van der Waals surface area contributed by atoms with Crippen LogP contribution in [0, 0.1) is 0 Å². The lowest BCUT2D eigenvalue weighted by Gasteiger charge is -2.32. The van der Waals surface area contributed by atoms with Gasteiger partial charge in [-0.2, -0.15) is 5.10 Å². The predicted octanol–water partition coefficient (Wildman–Crippen LogP) is 3.20. The third-order valence-electron chi connectivity index (χ3n) is 4.94. The summed E-state index contributed by atoms with van der Waals surface area (Å²) in [4.78, 5) is 25.6. The molecule has 0 spiro atoms. The number of likely N-dealkylation sites (tertiary alicyclic amines) is 1. The number of benzene rings is 1. The number of carboxylic acid groups (broad SMARTS) is 1. The van der Waals surface area contributed by atoms with Crippen molar-refractivity contribution in [3.05, 3.63) is 53.2 Å². The van der Waals surface area contributed by atoms with E-state index in [9.17, 15) is 9.59 Å². The number of nitrogens with zero attached hydrogens (tertiary/aromatic N) is 3. The molecule has 134 valence electrons. The van der Waals surface area contributed by atoms with Gasteiger partial charge in [0.15, 0.2) is 0 Å². The highest BCUT2D eigenvalue weighted by molar-refractivity contribution is 7.17. The fourth-order valence-electron chi connectivity index (χ4n) is 3.47. The predicted molar refractivity (Wildman–Crippen MR) is 99.6 cm³/mol. The Morgan fingerprint density at radius 3 is 2.73 bits per heavy atom. The number of aromatic carboxylic acids is 1. The maximum Gasteiger partial charge on any atom is 0.338 e. The van der Waals surface area contributed by atoms with E-state index in [1.807, 2.05) is 17.0 Å². The van der Waals surface area contributed by atoms with Gasteiger partial charge in [-0.1, -0.05) is 18.2 Å². The summed E-state index contributed by atoms with van der Waals surface area (Å²) < 4.78 is 2.93. The maximum absolute atomic E-state index is 12.7. The van der Waals surface area contributed by atoms with Crippen LogP contribution >= 0.6 is 11.3 Å². The minimum atomic E-state index is -0.966. The molecular formula is C19H19N3O3S. The SMILES string of the molecule is O=C(O)c1cnn(C2CCN(C(=O)Cc3csc4ccccc34)CC2)c1. The van der Waals surface area contributed by atoms with Crippen LogP contribution in [0.25, 0.3) is 10.1 Å². The third-order valence-corrected chi connectivity index (χ3v) is 5.95. The highest BCUT2D eigenvalue weighted by atomic mass is 32.1. The summed E-state index contributed by atoms with van der Waals surface area (Å²) in [6, 6.07) is 8.31. The quantitative estimate of drug-likeness (QED) is 0.766. The van der Waals surface area contributed by atoms with Gasteiger partial charge in [-0.3, -0.25) is 9.48 Å². The number of aromatic nitrogens is 2. The summed E-state index contributed by atoms with van der Waals surface area (Å²) in [6.07, 6.45) is 4.96. The first kappa shape index (κ1) is 16.8. The van der Waals surface area contributed by atoms with Crippen LogP contribution in [0.1, 0.15) is 34.8 Å². The molecule has 6 nitrogen and oxygen atoms in total. The number of carboxylic acids is 1. The van der Waals surface area contributed by atoms with Gasteiger partial charge in [0.25, 0.3) is 0 Å². The molecule has 1 aliphatic rings. The van der Waals surface area contributed by atoms with Crippen molar-refractivity contribution in [3.63, 3.8) is 0 Å². The number of piperidine rings is 1. The topological polar surface area (TPSA) is 75.4 Å². The second kappa shape index (κ2) is 6.92. The Hall–Kier alpha value is -2.67. The first-order valence-corrected chi connectivity index (χ1v) is 9.50. The first-order chi connectivity index (χ1) is 12.6. The van der Waals surface area contributed by atoms with Gasteiger partial charge in [0, 0.05) is 24.0 Å². The van der Waals surface area contributed by atoms with E-state index in [1.54, 1.807) is 22.2 Å². The van der Waals surface area contributed by atoms with Crippen molar-refractivity contribution < 1.29 is 14.7 Å². The Morgan fingerprint density at radius 2 is 2.00 bits per heavy atom. The number of hydrogen-bond acceptors (Lipinski definition) is 4. The van der Waals surface area contributed by atoms with E-state index in [4.69, 9.17) is 5.11 Å². The zero-order valence-electron chi connectivity index (χ0n) is 14.2. The Morgan fingerprint density at radius 1 is 1.23 bits per heavy atom. The maximum atomic E-state index is 12.7. The molecule has 0 atom stereocenters. The van der Waals surface area contributed by atoms with Crippen LogP contribution in [0.3, 0.4) is 0 Å². The highest BCUT2D eigenvalue weighted by Gasteiger charge is 2.25. The molecule has 7 heteroatoms. The molecule has 3 aromatic rings. The fraction of sp³-hybridized carbons (Fsp3) is 0.316. The van der Waals surface area contributed by atoms with Crippen molar-refractivity contribution >= 4 is 33.3 Å². The van der Waals surface area contributed by atoms with Crippen LogP contribution in [0.4, 0.5) is 0 Å². The van der Waals surface area contributed by atoms with Gasteiger partial charge in [-0.05, 0) is 35.2 Å². The zero-order chi connectivity index (χ0) is 18.1. The van der Waals surface area contributed by atoms with Crippen molar-refractivity contribution in [3.8, 4) is 0 Å². The van der Waals surface area contributed by atoms with Gasteiger partial charge in [-0.25, -0.2) is 4.79 Å². The lowest BCUT2D eigenvalue weighted by Crippen LogP contribution is -2.39. The summed E-state index contributed by atoms with van der Waals surface area (Å²) in [6.45, 7) is 1.35. The first-order valence-electron chi connectivity index (χ1n) is 8.62. The lowest BCUT2D eigenvalue weighted by atomic mass is 10.0. The van der Waals surface area contributed by atoms with Gasteiger partial charge in [0.1, 0.15) is 0 Å². The highest BCUT2D eigenvalue weighted by Crippen LogP contribution is 2.27. The number of carbonyl (C=O) groups is 2. The number of rotatable bonds is 4. The number of fused-ring (bicyclic) bond motifs is 1. The zero-order valence-corrected chi connectivity index (χ0v) is 15.0. The molecule has 1 amide bonds. The Kier molecular flexibility index (Phi) is 4.46. The van der Waals surface area contributed by atoms with E-state index in [0.717, 1.165) is 18.4 Å². The normalized spacial score (nSPS) is 15.5. The fourth-order valence-corrected chi connectivity index (χ4v) is 4.44. The van der Waals surface area contributed by atoms with Crippen LogP contribution < -0.4 is 0 Å². The summed E-state index contributed by atoms with van der Waals surface area (Å²) in [5, 5.41) is 16.4. The van der Waals surface area contributed by atoms with Crippen molar-refractivity contribution in [1.29, 1.82) is 0 Å². The average Bonchev–Trinajstić information content (AvgIpc) is 3.30. The number of hydrogen-bond donors (Lipinski definition) is 1. The van der Waals surface area contributed by atoms with Crippen LogP contribution in [0.2, 0.25) is 0 Å². The molecule has 1 aromatic carbocycles. The Bertz CT molecular complexity index is 954. The molecule has 2 aromatic heterocycles. The number of amides is 1. The Labute approximate surface area is 154 Å². The standard InChI is InChI=1S/C19H19N3O3S/c23-18(9-13-12-26-17-4-2-1-3-16(13)17)21-7-5-15(6-8-21)22-11-14(10-20-22)19(24)25/h1-4,10-12,15H,5-9H2,(H,24,25). The second-order valence-electron chi connectivity index (χ2n) is 6.56. The van der Waals surface area contributed by atoms with Crippen LogP contribution in [-0.2, 0) is 11.2 Å². The van der Waals surface area contributed by atoms with Crippen molar-refractivity contribution in [2.24, 2.45) is 0 Å². The van der Waals surface area contributed by atoms with E-state index in [1.165, 1.54) is 16.3 Å². The van der Waals surface area contributed by atoms with E-state index < -0.39 is 5.97 Å². The summed E-state index contributed by atoms with van der Waals surface area (Å²) in [7, 11) is 0. The molecule has 1 saturated heterocycles. The lowest BCUT2D eigenvalue weighted by molar-refractivity contribution is -0.131. The molecule has 26 heavy (non-hydrogen) atoms. The van der Waals surface area contributed by atoms with E-state index >= 15 is 0 Å². The van der Waals surface area contributed by atoms with Gasteiger partial charge in [-0.15, -0.1) is 11.3 Å². The van der Waals surface area contributed by atoms with Gasteiger partial charge in [0.05, 0.1) is 24.2 Å². The molecule has 1 N–H and O–H groups in total. The largest absolute Gasteiger partial charge is 0.478 e. The average molecular weight is 369 g/mol. The molecule has 0 saturated carbocycles. The molecule has 4 rings (SSSR count). The van der Waals surface area contributed by atoms with Crippen molar-refractivity contribution in [2.75, 3.05) is 13.1 Å². The van der Waals surface area contributed by atoms with Crippen molar-refractivity contribution in [2.45, 2.75) is 25.3 Å². The minimum Gasteiger partial charge on any atom is -0.478 e. The summed E-state index contributed by atoms with van der Waals surface area (Å²) in [5.74, 6) is -0.814. The van der Waals surface area contributed by atoms with Gasteiger partial charge < -0.3 is 10.0 Å². The molecule has 1 fully saturated rings. The number of carbonyl (C=O) groups excluding carboxylic acids is 1. The molecular weight excluding hydrogens is 350 g/mol. The molecule has 1 aliphatic heterocycles. The van der Waals surface area contributed by atoms with E-state index in [2.05, 4.69) is 22.6 Å². The smallest absolute Gasteiger partial charge is 0.338 e. The molecule has 0 radical (unpaired) electrons. The van der Waals surface area contributed by atoms with E-state index in [0.29, 0.717) is 19.5 Å². The summed E-state index contributed by atoms with van der Waals surface area (Å²) in [5.41, 5.74) is 1.30. The monoisotopic (exact) mass is 369 g/mol. The van der Waals surface area contributed by atoms with Crippen LogP contribution in [0.5, 0.6) is 0 Å². The van der Waals surface area contributed by atoms with Crippen LogP contribution in [0.15, 0.2) is 42.0 Å². The Balaban J connectivity index is 1.38. The summed E-state index contributed by atoms with van der Waals surface area (Å²) >= 11 is 1.67. The number of thiophene rings is 1. The van der Waals surface area contributed by atoms with Gasteiger partial charge >= 0.3 is 5.97 Å². The minimum absolute atomic E-state index is 0.147.